The van der Waals surface area contributed by atoms with E-state index in [0.29, 0.717) is 0 Å². The van der Waals surface area contributed by atoms with E-state index in [2.05, 4.69) is 69.8 Å². The van der Waals surface area contributed by atoms with Crippen LogP contribution in [0.5, 0.6) is 0 Å². The SMILES string of the molecule is CCn1ccc(CNc2cc(-n3cnnn3)ccc2C)c1. The van der Waals surface area contributed by atoms with Gasteiger partial charge in [-0.25, -0.2) is 4.68 Å². The summed E-state index contributed by atoms with van der Waals surface area (Å²) in [6, 6.07) is 8.26. The van der Waals surface area contributed by atoms with Crippen LogP contribution in [0.1, 0.15) is 18.1 Å². The first kappa shape index (κ1) is 13.4. The van der Waals surface area contributed by atoms with Crippen molar-refractivity contribution < 1.29 is 0 Å². The molecule has 0 saturated heterocycles. The zero-order valence-electron chi connectivity index (χ0n) is 12.2. The predicted octanol–water partition coefficient (Wildman–Crippen LogP) is 2.40. The standard InChI is InChI=1S/C15H18N6/c1-3-20-7-6-13(10-20)9-16-15-8-14(5-4-12(15)2)21-11-17-18-19-21/h4-8,10-11,16H,3,9H2,1-2H3. The average Bonchev–Trinajstić information content (AvgIpc) is 3.18. The summed E-state index contributed by atoms with van der Waals surface area (Å²) in [5.74, 6) is 0. The fraction of sp³-hybridized carbons (Fsp3) is 0.267. The van der Waals surface area contributed by atoms with Crippen LogP contribution in [0.25, 0.3) is 5.69 Å². The second-order valence-corrected chi connectivity index (χ2v) is 4.96. The van der Waals surface area contributed by atoms with E-state index >= 15 is 0 Å². The van der Waals surface area contributed by atoms with Crippen molar-refractivity contribution in [3.8, 4) is 5.69 Å². The number of tetrazole rings is 1. The van der Waals surface area contributed by atoms with Crippen LogP contribution in [-0.2, 0) is 13.1 Å². The van der Waals surface area contributed by atoms with E-state index in [0.717, 1.165) is 24.5 Å². The lowest BCUT2D eigenvalue weighted by molar-refractivity contribution is 0.766. The number of nitrogens with one attached hydrogen (secondary N) is 1. The van der Waals surface area contributed by atoms with Crippen molar-refractivity contribution in [2.45, 2.75) is 26.9 Å². The van der Waals surface area contributed by atoms with Crippen LogP contribution in [0.3, 0.4) is 0 Å². The molecule has 0 aliphatic heterocycles. The first-order chi connectivity index (χ1) is 10.3. The lowest BCUT2D eigenvalue weighted by atomic mass is 10.1. The highest BCUT2D eigenvalue weighted by Gasteiger charge is 2.04. The van der Waals surface area contributed by atoms with Crippen molar-refractivity contribution in [1.29, 1.82) is 0 Å². The molecule has 3 aromatic rings. The van der Waals surface area contributed by atoms with Gasteiger partial charge in [0.25, 0.3) is 0 Å². The smallest absolute Gasteiger partial charge is 0.143 e. The van der Waals surface area contributed by atoms with Crippen LogP contribution in [0.15, 0.2) is 43.0 Å². The molecule has 0 fully saturated rings. The van der Waals surface area contributed by atoms with E-state index < -0.39 is 0 Å². The molecule has 0 aliphatic carbocycles. The molecule has 108 valence electrons. The van der Waals surface area contributed by atoms with E-state index in [4.69, 9.17) is 0 Å². The molecule has 21 heavy (non-hydrogen) atoms. The average molecular weight is 282 g/mol. The molecule has 1 N–H and O–H groups in total. The summed E-state index contributed by atoms with van der Waals surface area (Å²) < 4.78 is 3.82. The lowest BCUT2D eigenvalue weighted by Gasteiger charge is -2.10. The number of hydrogen-bond donors (Lipinski definition) is 1. The number of rotatable bonds is 5. The molecule has 0 atom stereocenters. The Labute approximate surface area is 123 Å². The molecule has 6 nitrogen and oxygen atoms in total. The molecule has 0 spiro atoms. The largest absolute Gasteiger partial charge is 0.381 e. The number of benzene rings is 1. The summed E-state index contributed by atoms with van der Waals surface area (Å²) in [6.07, 6.45) is 5.85. The third-order valence-corrected chi connectivity index (χ3v) is 3.49. The van der Waals surface area contributed by atoms with Crippen molar-refractivity contribution >= 4 is 5.69 Å². The minimum Gasteiger partial charge on any atom is -0.381 e. The van der Waals surface area contributed by atoms with Crippen LogP contribution >= 0.6 is 0 Å². The van der Waals surface area contributed by atoms with Gasteiger partial charge >= 0.3 is 0 Å². The summed E-state index contributed by atoms with van der Waals surface area (Å²) in [6.45, 7) is 6.01. The van der Waals surface area contributed by atoms with Crippen LogP contribution in [0.2, 0.25) is 0 Å². The summed E-state index contributed by atoms with van der Waals surface area (Å²) in [4.78, 5) is 0. The molecule has 2 aromatic heterocycles. The molecule has 6 heteroatoms. The van der Waals surface area contributed by atoms with E-state index in [-0.39, 0.29) is 0 Å². The van der Waals surface area contributed by atoms with Crippen molar-refractivity contribution in [3.63, 3.8) is 0 Å². The quantitative estimate of drug-likeness (QED) is 0.780. The molecule has 0 saturated carbocycles. The predicted molar refractivity (Wildman–Crippen MR) is 81.3 cm³/mol. The molecule has 0 unspecified atom stereocenters. The van der Waals surface area contributed by atoms with Gasteiger partial charge in [-0.3, -0.25) is 0 Å². The molecule has 3 rings (SSSR count). The van der Waals surface area contributed by atoms with E-state index in [1.807, 2.05) is 6.07 Å². The van der Waals surface area contributed by atoms with Gasteiger partial charge < -0.3 is 9.88 Å². The minimum absolute atomic E-state index is 0.799. The highest BCUT2D eigenvalue weighted by molar-refractivity contribution is 5.56. The zero-order chi connectivity index (χ0) is 14.7. The van der Waals surface area contributed by atoms with Gasteiger partial charge in [-0.2, -0.15) is 0 Å². The Morgan fingerprint density at radius 3 is 2.86 bits per heavy atom. The fourth-order valence-corrected chi connectivity index (χ4v) is 2.21. The highest BCUT2D eigenvalue weighted by Crippen LogP contribution is 2.19. The van der Waals surface area contributed by atoms with E-state index in [1.165, 1.54) is 11.1 Å². The highest BCUT2D eigenvalue weighted by atomic mass is 15.5. The Balaban J connectivity index is 1.76. The molecule has 2 heterocycles. The van der Waals surface area contributed by atoms with Crippen molar-refractivity contribution in [3.05, 3.63) is 54.1 Å². The summed E-state index contributed by atoms with van der Waals surface area (Å²) in [5, 5.41) is 14.7. The second kappa shape index (κ2) is 5.78. The van der Waals surface area contributed by atoms with Gasteiger partial charge in [0.15, 0.2) is 0 Å². The molecular weight excluding hydrogens is 264 g/mol. The number of nitrogens with zero attached hydrogens (tertiary/aromatic N) is 5. The molecule has 0 aliphatic rings. The topological polar surface area (TPSA) is 60.6 Å². The summed E-state index contributed by atoms with van der Waals surface area (Å²) in [7, 11) is 0. The Morgan fingerprint density at radius 2 is 2.14 bits per heavy atom. The first-order valence-electron chi connectivity index (χ1n) is 6.99. The number of anilines is 1. The van der Waals surface area contributed by atoms with Gasteiger partial charge in [-0.15, -0.1) is 5.10 Å². The maximum atomic E-state index is 3.91. The van der Waals surface area contributed by atoms with E-state index in [9.17, 15) is 0 Å². The van der Waals surface area contributed by atoms with Crippen molar-refractivity contribution in [1.82, 2.24) is 24.8 Å². The Kier molecular flexibility index (Phi) is 3.68. The van der Waals surface area contributed by atoms with Gasteiger partial charge in [-0.1, -0.05) is 6.07 Å². The second-order valence-electron chi connectivity index (χ2n) is 4.96. The van der Waals surface area contributed by atoms with Crippen LogP contribution in [0, 0.1) is 6.92 Å². The Hall–Kier alpha value is -2.63. The number of aromatic nitrogens is 5. The maximum absolute atomic E-state index is 3.91. The number of aryl methyl sites for hydroxylation is 2. The third kappa shape index (κ3) is 2.94. The fourth-order valence-electron chi connectivity index (χ4n) is 2.21. The normalized spacial score (nSPS) is 10.8. The third-order valence-electron chi connectivity index (χ3n) is 3.49. The Bertz CT molecular complexity index is 714. The lowest BCUT2D eigenvalue weighted by Crippen LogP contribution is -2.03. The molecule has 0 radical (unpaired) electrons. The van der Waals surface area contributed by atoms with Crippen molar-refractivity contribution in [2.24, 2.45) is 0 Å². The van der Waals surface area contributed by atoms with Gasteiger partial charge in [0.1, 0.15) is 6.33 Å². The van der Waals surface area contributed by atoms with Gasteiger partial charge in [-0.05, 0) is 53.6 Å². The first-order valence-corrected chi connectivity index (χ1v) is 6.99. The van der Waals surface area contributed by atoms with Gasteiger partial charge in [0.2, 0.25) is 0 Å². The zero-order valence-corrected chi connectivity index (χ0v) is 12.2. The van der Waals surface area contributed by atoms with Gasteiger partial charge in [0.05, 0.1) is 5.69 Å². The molecule has 0 bridgehead atoms. The minimum atomic E-state index is 0.799. The summed E-state index contributed by atoms with van der Waals surface area (Å²) >= 11 is 0. The van der Waals surface area contributed by atoms with Gasteiger partial charge in [0, 0.05) is 31.2 Å². The number of hydrogen-bond acceptors (Lipinski definition) is 4. The van der Waals surface area contributed by atoms with Crippen molar-refractivity contribution in [2.75, 3.05) is 5.32 Å². The molecule has 1 aromatic carbocycles. The van der Waals surface area contributed by atoms with E-state index in [1.54, 1.807) is 11.0 Å². The van der Waals surface area contributed by atoms with Crippen LogP contribution < -0.4 is 5.32 Å². The van der Waals surface area contributed by atoms with Crippen LogP contribution in [0.4, 0.5) is 5.69 Å². The maximum Gasteiger partial charge on any atom is 0.143 e. The monoisotopic (exact) mass is 282 g/mol. The summed E-state index contributed by atoms with van der Waals surface area (Å²) in [5.41, 5.74) is 4.50. The molecular formula is C15H18N6. The molecule has 0 amide bonds. The Morgan fingerprint density at radius 1 is 1.24 bits per heavy atom. The van der Waals surface area contributed by atoms with Crippen LogP contribution in [-0.4, -0.2) is 24.8 Å².